The van der Waals surface area contributed by atoms with Crippen molar-refractivity contribution >= 4 is 0 Å². The average Bonchev–Trinajstić information content (AvgIpc) is 2.19. The molecule has 14 heavy (non-hydrogen) atoms. The van der Waals surface area contributed by atoms with E-state index < -0.39 is 5.67 Å². The molecule has 0 aromatic carbocycles. The maximum absolute atomic E-state index is 14.1. The summed E-state index contributed by atoms with van der Waals surface area (Å²) in [4.78, 5) is 0. The van der Waals surface area contributed by atoms with Crippen LogP contribution < -0.4 is 5.32 Å². The number of halogens is 1. The van der Waals surface area contributed by atoms with E-state index in [1.165, 1.54) is 0 Å². The number of alkyl halides is 1. The Bertz CT molecular complexity index is 155. The lowest BCUT2D eigenvalue weighted by atomic mass is 9.85. The van der Waals surface area contributed by atoms with E-state index in [-0.39, 0.29) is 12.5 Å². The first-order valence-electron chi connectivity index (χ1n) is 5.64. The fourth-order valence-electron chi connectivity index (χ4n) is 1.90. The Hall–Kier alpha value is -0.150. The summed E-state index contributed by atoms with van der Waals surface area (Å²) in [5.74, 6) is 0.119. The molecular weight excluding hydrogens is 181 g/mol. The third kappa shape index (κ3) is 3.54. The maximum atomic E-state index is 14.1. The van der Waals surface area contributed by atoms with E-state index >= 15 is 0 Å². The standard InChI is InChI=1S/C11H22FNO/c1-3-7-14-9-11(2,12)10-5-4-6-13-8-10/h10,13H,3-9H2,1-2H3. The van der Waals surface area contributed by atoms with Gasteiger partial charge in [-0.3, -0.25) is 0 Å². The van der Waals surface area contributed by atoms with E-state index in [0.717, 1.165) is 32.4 Å². The molecule has 2 unspecified atom stereocenters. The van der Waals surface area contributed by atoms with Crippen molar-refractivity contribution in [3.63, 3.8) is 0 Å². The largest absolute Gasteiger partial charge is 0.378 e. The number of ether oxygens (including phenoxy) is 1. The van der Waals surface area contributed by atoms with E-state index in [2.05, 4.69) is 5.32 Å². The summed E-state index contributed by atoms with van der Waals surface area (Å²) in [6.45, 7) is 6.44. The Kier molecular flexibility index (Phi) is 4.82. The van der Waals surface area contributed by atoms with Crippen LogP contribution in [-0.4, -0.2) is 32.0 Å². The minimum absolute atomic E-state index is 0.119. The summed E-state index contributed by atoms with van der Waals surface area (Å²) >= 11 is 0. The van der Waals surface area contributed by atoms with Crippen LogP contribution in [0.5, 0.6) is 0 Å². The molecule has 0 saturated carbocycles. The van der Waals surface area contributed by atoms with Crippen molar-refractivity contribution in [1.82, 2.24) is 5.32 Å². The first-order chi connectivity index (χ1) is 6.67. The maximum Gasteiger partial charge on any atom is 0.135 e. The molecule has 0 bridgehead atoms. The highest BCUT2D eigenvalue weighted by molar-refractivity contribution is 4.86. The van der Waals surface area contributed by atoms with Crippen molar-refractivity contribution in [2.24, 2.45) is 5.92 Å². The predicted octanol–water partition coefficient (Wildman–Crippen LogP) is 2.14. The molecule has 0 amide bonds. The molecule has 0 radical (unpaired) electrons. The highest BCUT2D eigenvalue weighted by Crippen LogP contribution is 2.28. The second kappa shape index (κ2) is 5.66. The molecule has 0 aromatic rings. The third-order valence-corrected chi connectivity index (χ3v) is 2.88. The van der Waals surface area contributed by atoms with Gasteiger partial charge >= 0.3 is 0 Å². The lowest BCUT2D eigenvalue weighted by Crippen LogP contribution is -2.44. The molecule has 0 aromatic heterocycles. The molecule has 1 aliphatic heterocycles. The van der Waals surface area contributed by atoms with Crippen LogP contribution in [0, 0.1) is 5.92 Å². The zero-order valence-electron chi connectivity index (χ0n) is 9.31. The Balaban J connectivity index is 2.29. The normalized spacial score (nSPS) is 27.2. The van der Waals surface area contributed by atoms with Gasteiger partial charge in [0.1, 0.15) is 5.67 Å². The molecule has 1 N–H and O–H groups in total. The van der Waals surface area contributed by atoms with Crippen molar-refractivity contribution in [2.45, 2.75) is 38.8 Å². The summed E-state index contributed by atoms with van der Waals surface area (Å²) in [5.41, 5.74) is -1.16. The molecule has 1 heterocycles. The van der Waals surface area contributed by atoms with Gasteiger partial charge in [0.05, 0.1) is 6.61 Å². The van der Waals surface area contributed by atoms with Crippen LogP contribution in [0.3, 0.4) is 0 Å². The first-order valence-corrected chi connectivity index (χ1v) is 5.64. The van der Waals surface area contributed by atoms with E-state index in [1.54, 1.807) is 6.92 Å². The second-order valence-electron chi connectivity index (χ2n) is 4.37. The Morgan fingerprint density at radius 1 is 1.57 bits per heavy atom. The van der Waals surface area contributed by atoms with Crippen molar-refractivity contribution in [1.29, 1.82) is 0 Å². The van der Waals surface area contributed by atoms with Crippen molar-refractivity contribution in [3.05, 3.63) is 0 Å². The molecule has 1 saturated heterocycles. The van der Waals surface area contributed by atoms with E-state index in [9.17, 15) is 4.39 Å². The number of hydrogen-bond donors (Lipinski definition) is 1. The Morgan fingerprint density at radius 2 is 2.36 bits per heavy atom. The van der Waals surface area contributed by atoms with Crippen molar-refractivity contribution in [2.75, 3.05) is 26.3 Å². The van der Waals surface area contributed by atoms with Crippen LogP contribution >= 0.6 is 0 Å². The summed E-state index contributed by atoms with van der Waals surface area (Å²) in [6, 6.07) is 0. The highest BCUT2D eigenvalue weighted by atomic mass is 19.1. The Morgan fingerprint density at radius 3 is 2.93 bits per heavy atom. The monoisotopic (exact) mass is 203 g/mol. The fourth-order valence-corrected chi connectivity index (χ4v) is 1.90. The zero-order valence-corrected chi connectivity index (χ0v) is 9.31. The van der Waals surface area contributed by atoms with Crippen LogP contribution in [0.2, 0.25) is 0 Å². The highest BCUT2D eigenvalue weighted by Gasteiger charge is 2.35. The zero-order chi connectivity index (χ0) is 10.4. The summed E-state index contributed by atoms with van der Waals surface area (Å²) < 4.78 is 19.4. The number of rotatable bonds is 5. The molecule has 84 valence electrons. The topological polar surface area (TPSA) is 21.3 Å². The molecule has 3 heteroatoms. The SMILES string of the molecule is CCCOCC(C)(F)C1CCCNC1. The molecule has 2 nitrogen and oxygen atoms in total. The van der Waals surface area contributed by atoms with Gasteiger partial charge in [-0.1, -0.05) is 6.92 Å². The van der Waals surface area contributed by atoms with Crippen LogP contribution in [-0.2, 0) is 4.74 Å². The molecule has 1 rings (SSSR count). The average molecular weight is 203 g/mol. The van der Waals surface area contributed by atoms with Gasteiger partial charge in [0.2, 0.25) is 0 Å². The molecular formula is C11H22FNO. The molecule has 1 aliphatic rings. The Labute approximate surface area is 86.2 Å². The molecule has 0 spiro atoms. The van der Waals surface area contributed by atoms with Gasteiger partial charge in [0.15, 0.2) is 0 Å². The number of piperidine rings is 1. The molecule has 1 fully saturated rings. The van der Waals surface area contributed by atoms with Gasteiger partial charge in [-0.25, -0.2) is 4.39 Å². The summed E-state index contributed by atoms with van der Waals surface area (Å²) in [5, 5.41) is 3.24. The van der Waals surface area contributed by atoms with Gasteiger partial charge in [-0.15, -0.1) is 0 Å². The van der Waals surface area contributed by atoms with Crippen molar-refractivity contribution in [3.8, 4) is 0 Å². The quantitative estimate of drug-likeness (QED) is 0.691. The number of hydrogen-bond acceptors (Lipinski definition) is 2. The molecule has 2 atom stereocenters. The predicted molar refractivity (Wildman–Crippen MR) is 56.2 cm³/mol. The van der Waals surface area contributed by atoms with Crippen LogP contribution in [0.15, 0.2) is 0 Å². The van der Waals surface area contributed by atoms with E-state index in [0.29, 0.717) is 6.61 Å². The lowest BCUT2D eigenvalue weighted by molar-refractivity contribution is -0.0176. The van der Waals surface area contributed by atoms with Crippen molar-refractivity contribution < 1.29 is 9.13 Å². The fraction of sp³-hybridized carbons (Fsp3) is 1.00. The molecule has 0 aliphatic carbocycles. The smallest absolute Gasteiger partial charge is 0.135 e. The first kappa shape index (κ1) is 11.9. The van der Waals surface area contributed by atoms with E-state index in [4.69, 9.17) is 4.74 Å². The minimum atomic E-state index is -1.16. The third-order valence-electron chi connectivity index (χ3n) is 2.88. The van der Waals surface area contributed by atoms with E-state index in [1.807, 2.05) is 6.92 Å². The summed E-state index contributed by atoms with van der Waals surface area (Å²) in [6.07, 6.45) is 3.02. The summed E-state index contributed by atoms with van der Waals surface area (Å²) in [7, 11) is 0. The van der Waals surface area contributed by atoms with Crippen LogP contribution in [0.1, 0.15) is 33.1 Å². The van der Waals surface area contributed by atoms with Gasteiger partial charge in [0, 0.05) is 19.1 Å². The second-order valence-corrected chi connectivity index (χ2v) is 4.37. The van der Waals surface area contributed by atoms with Crippen LogP contribution in [0.25, 0.3) is 0 Å². The lowest BCUT2D eigenvalue weighted by Gasteiger charge is -2.33. The number of nitrogens with one attached hydrogen (secondary N) is 1. The van der Waals surface area contributed by atoms with Gasteiger partial charge in [-0.05, 0) is 32.7 Å². The van der Waals surface area contributed by atoms with Crippen LogP contribution in [0.4, 0.5) is 4.39 Å². The van der Waals surface area contributed by atoms with Gasteiger partial charge < -0.3 is 10.1 Å². The van der Waals surface area contributed by atoms with Gasteiger partial charge in [0.25, 0.3) is 0 Å². The van der Waals surface area contributed by atoms with Gasteiger partial charge in [-0.2, -0.15) is 0 Å². The minimum Gasteiger partial charge on any atom is -0.378 e.